The standard InChI is InChI=1S/C36H64O12S/c1-3-5-7-8-9-10-11-12-13-14-15-16-17-18-19-20-21-22-23-24-26-44-28-30(46-32(38)25-6-4-2)29-45-36-34(40)35(48-49(41,42)43)33(39)31(27-37)47-36/h9-10,12-13,15-16,30-31,33-37,39-40H,3-8,11,14,17-29H2,1-2H3,(H,41,42,43)/b10-9-,13-12-,16-15-. The van der Waals surface area contributed by atoms with E-state index in [9.17, 15) is 28.5 Å². The second-order valence-electron chi connectivity index (χ2n) is 12.5. The number of hydrogen-bond acceptors (Lipinski definition) is 11. The molecule has 13 heteroatoms. The van der Waals surface area contributed by atoms with Crippen LogP contribution in [0.15, 0.2) is 36.5 Å². The summed E-state index contributed by atoms with van der Waals surface area (Å²) in [5.74, 6) is -0.441. The van der Waals surface area contributed by atoms with E-state index in [2.05, 4.69) is 47.6 Å². The zero-order valence-electron chi connectivity index (χ0n) is 29.7. The summed E-state index contributed by atoms with van der Waals surface area (Å²) in [5, 5.41) is 30.2. The minimum absolute atomic E-state index is 0.0250. The van der Waals surface area contributed by atoms with Crippen LogP contribution in [0.5, 0.6) is 0 Å². The Labute approximate surface area is 294 Å². The van der Waals surface area contributed by atoms with Gasteiger partial charge in [0.05, 0.1) is 19.8 Å². The summed E-state index contributed by atoms with van der Waals surface area (Å²) in [6.45, 7) is 3.63. The van der Waals surface area contributed by atoms with E-state index < -0.39 is 59.8 Å². The van der Waals surface area contributed by atoms with Crippen LogP contribution in [0.1, 0.15) is 123 Å². The molecule has 12 nitrogen and oxygen atoms in total. The van der Waals surface area contributed by atoms with Gasteiger partial charge in [-0.05, 0) is 51.4 Å². The number of allylic oxidation sites excluding steroid dienone is 6. The van der Waals surface area contributed by atoms with Crippen LogP contribution in [0.4, 0.5) is 0 Å². The van der Waals surface area contributed by atoms with Gasteiger partial charge in [0.15, 0.2) is 6.29 Å². The van der Waals surface area contributed by atoms with Gasteiger partial charge in [0.25, 0.3) is 0 Å². The van der Waals surface area contributed by atoms with Crippen LogP contribution in [0.25, 0.3) is 0 Å². The average molecular weight is 721 g/mol. The highest BCUT2D eigenvalue weighted by molar-refractivity contribution is 7.80. The van der Waals surface area contributed by atoms with Crippen molar-refractivity contribution in [1.29, 1.82) is 0 Å². The predicted molar refractivity (Wildman–Crippen MR) is 188 cm³/mol. The van der Waals surface area contributed by atoms with E-state index in [0.29, 0.717) is 13.0 Å². The predicted octanol–water partition coefficient (Wildman–Crippen LogP) is 5.90. The van der Waals surface area contributed by atoms with Crippen molar-refractivity contribution < 1.29 is 56.2 Å². The summed E-state index contributed by atoms with van der Waals surface area (Å²) >= 11 is 0. The number of unbranched alkanes of at least 4 members (excludes halogenated alkanes) is 11. The maximum Gasteiger partial charge on any atom is 0.397 e. The molecule has 286 valence electrons. The van der Waals surface area contributed by atoms with Gasteiger partial charge < -0.3 is 34.3 Å². The van der Waals surface area contributed by atoms with Gasteiger partial charge in [-0.3, -0.25) is 9.35 Å². The molecule has 0 aliphatic carbocycles. The van der Waals surface area contributed by atoms with E-state index in [-0.39, 0.29) is 19.6 Å². The van der Waals surface area contributed by atoms with Crippen molar-refractivity contribution in [2.24, 2.45) is 0 Å². The van der Waals surface area contributed by atoms with Crippen LogP contribution in [0.3, 0.4) is 0 Å². The van der Waals surface area contributed by atoms with Crippen LogP contribution < -0.4 is 0 Å². The number of hydrogen-bond donors (Lipinski definition) is 4. The molecule has 6 atom stereocenters. The molecule has 0 radical (unpaired) electrons. The third-order valence-electron chi connectivity index (χ3n) is 8.02. The Balaban J connectivity index is 2.29. The monoisotopic (exact) mass is 720 g/mol. The Kier molecular flexibility index (Phi) is 26.8. The molecule has 6 unspecified atom stereocenters. The van der Waals surface area contributed by atoms with E-state index in [1.54, 1.807) is 0 Å². The molecule has 1 rings (SSSR count). The van der Waals surface area contributed by atoms with Gasteiger partial charge in [0.2, 0.25) is 0 Å². The van der Waals surface area contributed by atoms with E-state index in [1.165, 1.54) is 51.4 Å². The van der Waals surface area contributed by atoms with Crippen LogP contribution in [-0.2, 0) is 38.3 Å². The number of carbonyl (C=O) groups excluding carboxylic acids is 1. The van der Waals surface area contributed by atoms with Gasteiger partial charge >= 0.3 is 16.4 Å². The van der Waals surface area contributed by atoms with Gasteiger partial charge in [-0.1, -0.05) is 102 Å². The zero-order valence-corrected chi connectivity index (χ0v) is 30.6. The van der Waals surface area contributed by atoms with Crippen molar-refractivity contribution in [3.8, 4) is 0 Å². The topological polar surface area (TPSA) is 178 Å². The lowest BCUT2D eigenvalue weighted by atomic mass is 9.99. The number of ether oxygens (including phenoxy) is 4. The lowest BCUT2D eigenvalue weighted by Crippen LogP contribution is -2.60. The SMILES string of the molecule is CCCCC/C=C\C/C=C\C/C=C\CCCCCCCCCOCC(COC1OC(CO)C(O)C(OS(=O)(=O)O)C1O)OC(=O)CCCC. The van der Waals surface area contributed by atoms with E-state index in [0.717, 1.165) is 44.9 Å². The average Bonchev–Trinajstić information content (AvgIpc) is 3.07. The summed E-state index contributed by atoms with van der Waals surface area (Å²) < 4.78 is 58.1. The number of aliphatic hydroxyl groups excluding tert-OH is 3. The lowest BCUT2D eigenvalue weighted by Gasteiger charge is -2.41. The van der Waals surface area contributed by atoms with E-state index in [1.807, 2.05) is 6.92 Å². The molecule has 0 saturated carbocycles. The summed E-state index contributed by atoms with van der Waals surface area (Å²) in [6, 6.07) is 0. The summed E-state index contributed by atoms with van der Waals surface area (Å²) in [7, 11) is -5.05. The molecule has 4 N–H and O–H groups in total. The maximum absolute atomic E-state index is 12.3. The molecule has 1 saturated heterocycles. The smallest absolute Gasteiger partial charge is 0.397 e. The number of esters is 1. The molecule has 1 fully saturated rings. The molecule has 1 heterocycles. The molecular weight excluding hydrogens is 656 g/mol. The quantitative estimate of drug-likeness (QED) is 0.0299. The van der Waals surface area contributed by atoms with E-state index >= 15 is 0 Å². The van der Waals surface area contributed by atoms with Gasteiger partial charge in [-0.15, -0.1) is 0 Å². The Morgan fingerprint density at radius 1 is 0.776 bits per heavy atom. The minimum atomic E-state index is -5.05. The summed E-state index contributed by atoms with van der Waals surface area (Å²) in [4.78, 5) is 12.3. The van der Waals surface area contributed by atoms with Crippen molar-refractivity contribution in [2.75, 3.05) is 26.4 Å². The van der Waals surface area contributed by atoms with E-state index in [4.69, 9.17) is 23.5 Å². The Morgan fingerprint density at radius 2 is 1.35 bits per heavy atom. The molecular formula is C36H64O12S. The first-order valence-electron chi connectivity index (χ1n) is 18.2. The van der Waals surface area contributed by atoms with Crippen molar-refractivity contribution in [3.05, 3.63) is 36.5 Å². The fourth-order valence-corrected chi connectivity index (χ4v) is 5.69. The zero-order chi connectivity index (χ0) is 36.2. The van der Waals surface area contributed by atoms with Crippen molar-refractivity contribution >= 4 is 16.4 Å². The fourth-order valence-electron chi connectivity index (χ4n) is 5.18. The maximum atomic E-state index is 12.3. The van der Waals surface area contributed by atoms with Crippen molar-refractivity contribution in [2.45, 2.75) is 160 Å². The van der Waals surface area contributed by atoms with Crippen LogP contribution in [0, 0.1) is 0 Å². The molecule has 0 aromatic carbocycles. The highest BCUT2D eigenvalue weighted by Gasteiger charge is 2.48. The van der Waals surface area contributed by atoms with Crippen LogP contribution in [-0.4, -0.2) is 97.5 Å². The van der Waals surface area contributed by atoms with Crippen LogP contribution in [0.2, 0.25) is 0 Å². The summed E-state index contributed by atoms with van der Waals surface area (Å²) in [5.41, 5.74) is 0. The van der Waals surface area contributed by atoms with Gasteiger partial charge in [0.1, 0.15) is 30.5 Å². The lowest BCUT2D eigenvalue weighted by molar-refractivity contribution is -0.301. The first-order chi connectivity index (χ1) is 23.6. The van der Waals surface area contributed by atoms with Crippen molar-refractivity contribution in [3.63, 3.8) is 0 Å². The molecule has 1 aliphatic heterocycles. The molecule has 0 aromatic rings. The van der Waals surface area contributed by atoms with Gasteiger partial charge in [-0.25, -0.2) is 4.18 Å². The number of aliphatic hydroxyl groups is 3. The third-order valence-corrected chi connectivity index (χ3v) is 8.48. The Morgan fingerprint density at radius 3 is 1.94 bits per heavy atom. The first-order valence-corrected chi connectivity index (χ1v) is 19.6. The first kappa shape index (κ1) is 45.3. The van der Waals surface area contributed by atoms with Gasteiger partial charge in [0, 0.05) is 13.0 Å². The Bertz CT molecular complexity index is 1020. The molecule has 49 heavy (non-hydrogen) atoms. The van der Waals surface area contributed by atoms with Gasteiger partial charge in [-0.2, -0.15) is 8.42 Å². The number of rotatable bonds is 30. The number of carbonyl (C=O) groups is 1. The Hall–Kier alpha value is -1.68. The second-order valence-corrected chi connectivity index (χ2v) is 13.5. The summed E-state index contributed by atoms with van der Waals surface area (Å²) in [6.07, 6.45) is 21.8. The molecule has 0 spiro atoms. The molecule has 0 amide bonds. The highest BCUT2D eigenvalue weighted by Crippen LogP contribution is 2.26. The van der Waals surface area contributed by atoms with Crippen LogP contribution >= 0.6 is 0 Å². The largest absolute Gasteiger partial charge is 0.457 e. The molecule has 1 aliphatic rings. The normalized spacial score (nSPS) is 22.4. The minimum Gasteiger partial charge on any atom is -0.457 e. The highest BCUT2D eigenvalue weighted by atomic mass is 32.3. The second kappa shape index (κ2) is 29.0. The molecule has 0 bridgehead atoms. The molecule has 0 aromatic heterocycles. The van der Waals surface area contributed by atoms with Crippen molar-refractivity contribution in [1.82, 2.24) is 0 Å². The third kappa shape index (κ3) is 23.4. The fraction of sp³-hybridized carbons (Fsp3) is 0.806.